The van der Waals surface area contributed by atoms with Crippen molar-refractivity contribution >= 4 is 15.9 Å². The second-order valence-electron chi connectivity index (χ2n) is 5.28. The summed E-state index contributed by atoms with van der Waals surface area (Å²) in [6.07, 6.45) is 3.92. The van der Waals surface area contributed by atoms with Crippen LogP contribution in [0.4, 0.5) is 0 Å². The van der Waals surface area contributed by atoms with Crippen molar-refractivity contribution in [1.29, 1.82) is 0 Å². The van der Waals surface area contributed by atoms with Gasteiger partial charge in [0.05, 0.1) is 6.20 Å². The van der Waals surface area contributed by atoms with Crippen molar-refractivity contribution in [1.82, 2.24) is 24.7 Å². The number of rotatable bonds is 3. The van der Waals surface area contributed by atoms with E-state index < -0.39 is 16.1 Å². The van der Waals surface area contributed by atoms with Gasteiger partial charge in [-0.1, -0.05) is 0 Å². The minimum absolute atomic E-state index is 0.0823. The van der Waals surface area contributed by atoms with Gasteiger partial charge in [0.15, 0.2) is 0 Å². The average molecular weight is 313 g/mol. The third-order valence-corrected chi connectivity index (χ3v) is 5.87. The van der Waals surface area contributed by atoms with Crippen LogP contribution in [0.15, 0.2) is 17.3 Å². The molecular formula is C12H19N5O3S. The Kier molecular flexibility index (Phi) is 3.96. The number of amides is 1. The number of carbonyl (C=O) groups is 1. The van der Waals surface area contributed by atoms with Crippen molar-refractivity contribution in [2.24, 2.45) is 0 Å². The van der Waals surface area contributed by atoms with Gasteiger partial charge in [-0.25, -0.2) is 8.42 Å². The summed E-state index contributed by atoms with van der Waals surface area (Å²) >= 11 is 0. The topological polar surface area (TPSA) is 98.4 Å². The van der Waals surface area contributed by atoms with Crippen LogP contribution in [0, 0.1) is 0 Å². The summed E-state index contributed by atoms with van der Waals surface area (Å²) in [4.78, 5) is 14.5. The molecule has 0 spiro atoms. The first kappa shape index (κ1) is 14.5. The van der Waals surface area contributed by atoms with Gasteiger partial charge in [-0.05, 0) is 12.8 Å². The number of piperazine rings is 1. The molecule has 8 nitrogen and oxygen atoms in total. The molecule has 0 aliphatic carbocycles. The fourth-order valence-electron chi connectivity index (χ4n) is 2.89. The van der Waals surface area contributed by atoms with Crippen molar-refractivity contribution in [2.45, 2.75) is 23.8 Å². The minimum Gasteiger partial charge on any atom is -0.339 e. The molecule has 3 rings (SSSR count). The van der Waals surface area contributed by atoms with E-state index in [0.29, 0.717) is 32.5 Å². The maximum Gasteiger partial charge on any atom is 0.246 e. The zero-order chi connectivity index (χ0) is 14.9. The van der Waals surface area contributed by atoms with Crippen LogP contribution in [0.3, 0.4) is 0 Å². The molecule has 0 aromatic carbocycles. The van der Waals surface area contributed by atoms with E-state index in [-0.39, 0.29) is 10.8 Å². The van der Waals surface area contributed by atoms with E-state index in [1.807, 2.05) is 0 Å². The molecule has 2 aliphatic rings. The number of aromatic amines is 1. The lowest BCUT2D eigenvalue weighted by Crippen LogP contribution is -2.53. The lowest BCUT2D eigenvalue weighted by Gasteiger charge is -2.32. The van der Waals surface area contributed by atoms with Crippen LogP contribution in [0.5, 0.6) is 0 Å². The lowest BCUT2D eigenvalue weighted by atomic mass is 10.2. The molecule has 9 heteroatoms. The third-order valence-electron chi connectivity index (χ3n) is 4.00. The first-order chi connectivity index (χ1) is 10.1. The van der Waals surface area contributed by atoms with E-state index in [9.17, 15) is 13.2 Å². The van der Waals surface area contributed by atoms with E-state index in [0.717, 1.165) is 13.1 Å². The standard InChI is InChI=1S/C12H19N5O3S/c18-12(16-6-3-13-4-7-16)11-2-1-5-17(11)21(19,20)10-8-14-15-9-10/h8-9,11,13H,1-7H2,(H,14,15). The summed E-state index contributed by atoms with van der Waals surface area (Å²) < 4.78 is 26.5. The van der Waals surface area contributed by atoms with Gasteiger partial charge in [0.2, 0.25) is 15.9 Å². The van der Waals surface area contributed by atoms with Crippen LogP contribution >= 0.6 is 0 Å². The molecule has 2 aliphatic heterocycles. The Bertz CT molecular complexity index is 594. The van der Waals surface area contributed by atoms with Crippen LogP contribution in [0.1, 0.15) is 12.8 Å². The molecule has 2 fully saturated rings. The average Bonchev–Trinajstić information content (AvgIpc) is 3.19. The molecule has 0 bridgehead atoms. The highest BCUT2D eigenvalue weighted by atomic mass is 32.2. The number of sulfonamides is 1. The molecule has 2 saturated heterocycles. The fraction of sp³-hybridized carbons (Fsp3) is 0.667. The number of nitrogens with one attached hydrogen (secondary N) is 2. The summed E-state index contributed by atoms with van der Waals surface area (Å²) in [6, 6.07) is -0.581. The number of hydrogen-bond donors (Lipinski definition) is 2. The van der Waals surface area contributed by atoms with E-state index in [4.69, 9.17) is 0 Å². The number of carbonyl (C=O) groups excluding carboxylic acids is 1. The molecule has 0 radical (unpaired) electrons. The second kappa shape index (κ2) is 5.74. The zero-order valence-electron chi connectivity index (χ0n) is 11.7. The molecule has 1 aromatic rings. The Hall–Kier alpha value is -1.45. The van der Waals surface area contributed by atoms with E-state index >= 15 is 0 Å². The smallest absolute Gasteiger partial charge is 0.246 e. The Balaban J connectivity index is 1.81. The molecule has 3 heterocycles. The first-order valence-electron chi connectivity index (χ1n) is 7.11. The van der Waals surface area contributed by atoms with Gasteiger partial charge in [0, 0.05) is 38.9 Å². The second-order valence-corrected chi connectivity index (χ2v) is 7.17. The predicted octanol–water partition coefficient (Wildman–Crippen LogP) is -1.01. The quantitative estimate of drug-likeness (QED) is 0.745. The highest BCUT2D eigenvalue weighted by molar-refractivity contribution is 7.89. The molecule has 116 valence electrons. The molecule has 1 aromatic heterocycles. The van der Waals surface area contributed by atoms with Crippen LogP contribution in [-0.4, -0.2) is 72.5 Å². The van der Waals surface area contributed by atoms with Gasteiger partial charge in [-0.3, -0.25) is 9.89 Å². The number of H-pyrrole nitrogens is 1. The molecule has 1 unspecified atom stereocenters. The van der Waals surface area contributed by atoms with Crippen molar-refractivity contribution in [3.63, 3.8) is 0 Å². The summed E-state index contributed by atoms with van der Waals surface area (Å²) in [6.45, 7) is 3.17. The zero-order valence-corrected chi connectivity index (χ0v) is 12.5. The summed E-state index contributed by atoms with van der Waals surface area (Å²) in [5, 5.41) is 9.38. The number of nitrogens with zero attached hydrogens (tertiary/aromatic N) is 3. The Morgan fingerprint density at radius 1 is 1.29 bits per heavy atom. The van der Waals surface area contributed by atoms with Crippen molar-refractivity contribution in [3.05, 3.63) is 12.4 Å². The number of aromatic nitrogens is 2. The lowest BCUT2D eigenvalue weighted by molar-refractivity contribution is -0.135. The van der Waals surface area contributed by atoms with Gasteiger partial charge >= 0.3 is 0 Å². The van der Waals surface area contributed by atoms with Gasteiger partial charge in [0.25, 0.3) is 0 Å². The molecule has 21 heavy (non-hydrogen) atoms. The molecular weight excluding hydrogens is 294 g/mol. The first-order valence-corrected chi connectivity index (χ1v) is 8.55. The Morgan fingerprint density at radius 2 is 2.05 bits per heavy atom. The van der Waals surface area contributed by atoms with Gasteiger partial charge < -0.3 is 10.2 Å². The van der Waals surface area contributed by atoms with Gasteiger partial charge in [0.1, 0.15) is 10.9 Å². The minimum atomic E-state index is -3.65. The maximum absolute atomic E-state index is 12.6. The summed E-state index contributed by atoms with van der Waals surface area (Å²) in [5.74, 6) is -0.0823. The van der Waals surface area contributed by atoms with Crippen LogP contribution in [-0.2, 0) is 14.8 Å². The fourth-order valence-corrected chi connectivity index (χ4v) is 4.44. The third kappa shape index (κ3) is 2.68. The monoisotopic (exact) mass is 313 g/mol. The highest BCUT2D eigenvalue weighted by Gasteiger charge is 2.41. The SMILES string of the molecule is O=C(C1CCCN1S(=O)(=O)c1cn[nH]c1)N1CCNCC1. The maximum atomic E-state index is 12.6. The molecule has 1 atom stereocenters. The van der Waals surface area contributed by atoms with Crippen LogP contribution < -0.4 is 5.32 Å². The van der Waals surface area contributed by atoms with Gasteiger partial charge in [-0.15, -0.1) is 0 Å². The largest absolute Gasteiger partial charge is 0.339 e. The van der Waals surface area contributed by atoms with E-state index in [1.165, 1.54) is 16.7 Å². The molecule has 2 N–H and O–H groups in total. The Morgan fingerprint density at radius 3 is 2.71 bits per heavy atom. The van der Waals surface area contributed by atoms with Crippen molar-refractivity contribution in [2.75, 3.05) is 32.7 Å². The Labute approximate surface area is 123 Å². The van der Waals surface area contributed by atoms with E-state index in [1.54, 1.807) is 4.90 Å². The highest BCUT2D eigenvalue weighted by Crippen LogP contribution is 2.26. The molecule has 1 amide bonds. The molecule has 0 saturated carbocycles. The van der Waals surface area contributed by atoms with Crippen LogP contribution in [0.2, 0.25) is 0 Å². The van der Waals surface area contributed by atoms with Crippen LogP contribution in [0.25, 0.3) is 0 Å². The predicted molar refractivity (Wildman–Crippen MR) is 75.0 cm³/mol. The summed E-state index contributed by atoms with van der Waals surface area (Å²) in [5.41, 5.74) is 0. The number of hydrogen-bond acceptors (Lipinski definition) is 5. The summed E-state index contributed by atoms with van der Waals surface area (Å²) in [7, 11) is -3.65. The van der Waals surface area contributed by atoms with E-state index in [2.05, 4.69) is 15.5 Å². The normalized spacial score (nSPS) is 24.4. The van der Waals surface area contributed by atoms with Crippen molar-refractivity contribution in [3.8, 4) is 0 Å². The van der Waals surface area contributed by atoms with Crippen molar-refractivity contribution < 1.29 is 13.2 Å². The van der Waals surface area contributed by atoms with Gasteiger partial charge in [-0.2, -0.15) is 9.40 Å².